The van der Waals surface area contributed by atoms with E-state index in [1.807, 2.05) is 0 Å². The Morgan fingerprint density at radius 3 is 1.56 bits per heavy atom. The molecule has 240 valence electrons. The average molecular weight is 659 g/mol. The van der Waals surface area contributed by atoms with E-state index in [1.165, 1.54) is 88.3 Å². The molecule has 0 N–H and O–H groups in total. The Morgan fingerprint density at radius 1 is 0.308 bits per heavy atom. The number of benzene rings is 9. The minimum atomic E-state index is -0.489. The van der Waals surface area contributed by atoms with E-state index in [1.54, 1.807) is 0 Å². The zero-order valence-electron chi connectivity index (χ0n) is 28.2. The third kappa shape index (κ3) is 3.43. The highest BCUT2D eigenvalue weighted by Crippen LogP contribution is 2.64. The Hall–Kier alpha value is -6.70. The zero-order chi connectivity index (χ0) is 34.0. The molecule has 2 aliphatic rings. The van der Waals surface area contributed by atoms with Crippen LogP contribution in [-0.4, -0.2) is 0 Å². The Morgan fingerprint density at radius 2 is 0.846 bits per heavy atom. The number of fused-ring (bicyclic) bond motifs is 16. The van der Waals surface area contributed by atoms with Crippen LogP contribution in [0.15, 0.2) is 186 Å². The van der Waals surface area contributed by atoms with Crippen LogP contribution in [0.1, 0.15) is 22.3 Å². The van der Waals surface area contributed by atoms with Crippen molar-refractivity contribution in [3.8, 4) is 44.5 Å². The van der Waals surface area contributed by atoms with Gasteiger partial charge in [0.2, 0.25) is 0 Å². The first-order valence-corrected chi connectivity index (χ1v) is 18.1. The maximum absolute atomic E-state index is 6.77. The molecule has 1 aromatic heterocycles. The molecule has 0 saturated carbocycles. The van der Waals surface area contributed by atoms with Crippen molar-refractivity contribution < 1.29 is 4.42 Å². The van der Waals surface area contributed by atoms with Crippen LogP contribution in [0.4, 0.5) is 0 Å². The van der Waals surface area contributed by atoms with Crippen molar-refractivity contribution in [1.82, 2.24) is 0 Å². The predicted octanol–water partition coefficient (Wildman–Crippen LogP) is 13.6. The molecule has 1 nitrogen and oxygen atoms in total. The van der Waals surface area contributed by atoms with Crippen molar-refractivity contribution in [2.45, 2.75) is 5.41 Å². The Kier molecular flexibility index (Phi) is 5.49. The lowest BCUT2D eigenvalue weighted by Crippen LogP contribution is -2.25. The smallest absolute Gasteiger partial charge is 0.143 e. The van der Waals surface area contributed by atoms with E-state index in [2.05, 4.69) is 182 Å². The second-order valence-corrected chi connectivity index (χ2v) is 14.3. The molecule has 1 heteroatoms. The fourth-order valence-electron chi connectivity index (χ4n) is 9.91. The van der Waals surface area contributed by atoms with E-state index in [9.17, 15) is 0 Å². The van der Waals surface area contributed by atoms with E-state index in [4.69, 9.17) is 4.42 Å². The van der Waals surface area contributed by atoms with E-state index >= 15 is 0 Å². The molecule has 0 bridgehead atoms. The van der Waals surface area contributed by atoms with Crippen molar-refractivity contribution in [2.24, 2.45) is 0 Å². The quantitative estimate of drug-likeness (QED) is 0.169. The van der Waals surface area contributed by atoms with E-state index in [0.29, 0.717) is 0 Å². The molecule has 9 aromatic carbocycles. The van der Waals surface area contributed by atoms with Gasteiger partial charge in [0.15, 0.2) is 0 Å². The number of furan rings is 1. The number of rotatable bonds is 2. The molecule has 1 spiro atoms. The summed E-state index contributed by atoms with van der Waals surface area (Å²) in [7, 11) is 0. The summed E-state index contributed by atoms with van der Waals surface area (Å²) >= 11 is 0. The van der Waals surface area contributed by atoms with Crippen LogP contribution in [0.3, 0.4) is 0 Å². The van der Waals surface area contributed by atoms with Gasteiger partial charge < -0.3 is 4.42 Å². The van der Waals surface area contributed by atoms with E-state index in [0.717, 1.165) is 21.9 Å². The first kappa shape index (κ1) is 28.0. The number of hydrogen-bond acceptors (Lipinski definition) is 1. The molecule has 2 aliphatic carbocycles. The molecule has 0 saturated heterocycles. The summed E-state index contributed by atoms with van der Waals surface area (Å²) < 4.78 is 6.77. The minimum absolute atomic E-state index is 0.489. The molecule has 1 heterocycles. The van der Waals surface area contributed by atoms with E-state index in [-0.39, 0.29) is 0 Å². The molecule has 1 atom stereocenters. The summed E-state index contributed by atoms with van der Waals surface area (Å²) in [6.45, 7) is 0. The van der Waals surface area contributed by atoms with Gasteiger partial charge in [0, 0.05) is 16.3 Å². The summed E-state index contributed by atoms with van der Waals surface area (Å²) in [5.41, 5.74) is 16.7. The SMILES string of the molecule is c1ccc(-c2c3ccccc3c(-c3ccc4c(c3)C3(c5ccccc5-4)c4ccccc4-c4c3ccc3c4oc4ccccc43)c3ccccc23)cc1. The van der Waals surface area contributed by atoms with Crippen molar-refractivity contribution >= 4 is 43.5 Å². The van der Waals surface area contributed by atoms with Crippen LogP contribution in [0.5, 0.6) is 0 Å². The van der Waals surface area contributed by atoms with Gasteiger partial charge in [-0.2, -0.15) is 0 Å². The average Bonchev–Trinajstić information content (AvgIpc) is 3.84. The molecule has 52 heavy (non-hydrogen) atoms. The summed E-state index contributed by atoms with van der Waals surface area (Å²) in [6, 6.07) is 67.2. The highest BCUT2D eigenvalue weighted by atomic mass is 16.3. The molecule has 1 unspecified atom stereocenters. The zero-order valence-corrected chi connectivity index (χ0v) is 28.2. The second-order valence-electron chi connectivity index (χ2n) is 14.3. The molecule has 12 rings (SSSR count). The Bertz CT molecular complexity index is 3070. The van der Waals surface area contributed by atoms with Gasteiger partial charge in [0.05, 0.1) is 5.41 Å². The predicted molar refractivity (Wildman–Crippen MR) is 216 cm³/mol. The number of para-hydroxylation sites is 1. The lowest BCUT2D eigenvalue weighted by molar-refractivity contribution is 0.669. The van der Waals surface area contributed by atoms with Crippen molar-refractivity contribution in [3.05, 3.63) is 204 Å². The fraction of sp³-hybridized carbons (Fsp3) is 0.0196. The van der Waals surface area contributed by atoms with Crippen LogP contribution in [0.2, 0.25) is 0 Å². The highest BCUT2D eigenvalue weighted by Gasteiger charge is 2.52. The molecule has 0 radical (unpaired) electrons. The Balaban J connectivity index is 1.21. The topological polar surface area (TPSA) is 13.1 Å². The van der Waals surface area contributed by atoms with Crippen LogP contribution < -0.4 is 0 Å². The second kappa shape index (κ2) is 10.2. The van der Waals surface area contributed by atoms with Gasteiger partial charge in [-0.05, 0) is 94.9 Å². The monoisotopic (exact) mass is 658 g/mol. The van der Waals surface area contributed by atoms with Crippen LogP contribution in [0, 0.1) is 0 Å². The molecular formula is C51H30O. The largest absolute Gasteiger partial charge is 0.455 e. The highest BCUT2D eigenvalue weighted by molar-refractivity contribution is 6.21. The van der Waals surface area contributed by atoms with Crippen molar-refractivity contribution in [1.29, 1.82) is 0 Å². The lowest BCUT2D eigenvalue weighted by Gasteiger charge is -2.30. The van der Waals surface area contributed by atoms with Crippen molar-refractivity contribution in [3.63, 3.8) is 0 Å². The lowest BCUT2D eigenvalue weighted by atomic mass is 9.70. The first-order valence-electron chi connectivity index (χ1n) is 18.1. The standard InChI is InChI=1S/C51H30O/c1-2-14-31(15-3-1)47-36-18-4-6-20-38(36)48(39-21-7-5-19-37(39)47)32-26-27-34-33-16-8-11-23-42(33)51(45(34)30-32)43-24-12-9-22-41(43)49-44(51)29-28-40-35-17-10-13-25-46(35)52-50(40)49/h1-30H. The van der Waals surface area contributed by atoms with Gasteiger partial charge in [-0.15, -0.1) is 0 Å². The summed E-state index contributed by atoms with van der Waals surface area (Å²) in [5.74, 6) is 0. The van der Waals surface area contributed by atoms with Gasteiger partial charge >= 0.3 is 0 Å². The molecule has 0 amide bonds. The van der Waals surface area contributed by atoms with E-state index < -0.39 is 5.41 Å². The fourth-order valence-corrected chi connectivity index (χ4v) is 9.91. The third-order valence-corrected chi connectivity index (χ3v) is 11.9. The minimum Gasteiger partial charge on any atom is -0.455 e. The van der Waals surface area contributed by atoms with Crippen molar-refractivity contribution in [2.75, 3.05) is 0 Å². The maximum atomic E-state index is 6.77. The molecule has 10 aromatic rings. The van der Waals surface area contributed by atoms with Gasteiger partial charge in [-0.25, -0.2) is 0 Å². The number of hydrogen-bond donors (Lipinski definition) is 0. The van der Waals surface area contributed by atoms with Crippen LogP contribution in [0.25, 0.3) is 88.0 Å². The molecule has 0 aliphatic heterocycles. The van der Waals surface area contributed by atoms with Gasteiger partial charge in [-0.1, -0.05) is 170 Å². The van der Waals surface area contributed by atoms with Gasteiger partial charge in [0.1, 0.15) is 11.2 Å². The summed E-state index contributed by atoms with van der Waals surface area (Å²) in [4.78, 5) is 0. The first-order chi connectivity index (χ1) is 25.8. The molecule has 0 fully saturated rings. The third-order valence-electron chi connectivity index (χ3n) is 11.9. The normalized spacial score (nSPS) is 15.4. The molecular weight excluding hydrogens is 629 g/mol. The van der Waals surface area contributed by atoms with Crippen LogP contribution >= 0.6 is 0 Å². The maximum Gasteiger partial charge on any atom is 0.143 e. The Labute approximate surface area is 301 Å². The van der Waals surface area contributed by atoms with Crippen LogP contribution in [-0.2, 0) is 5.41 Å². The van der Waals surface area contributed by atoms with Gasteiger partial charge in [0.25, 0.3) is 0 Å². The summed E-state index contributed by atoms with van der Waals surface area (Å²) in [6.07, 6.45) is 0. The van der Waals surface area contributed by atoms with Gasteiger partial charge in [-0.3, -0.25) is 0 Å². The summed E-state index contributed by atoms with van der Waals surface area (Å²) in [5, 5.41) is 7.39.